The van der Waals surface area contributed by atoms with Gasteiger partial charge in [-0.05, 0) is 42.2 Å². The Hall–Kier alpha value is -4.14. The number of carbonyl (C=O) groups excluding carboxylic acids is 2. The molecule has 2 amide bonds. The summed E-state index contributed by atoms with van der Waals surface area (Å²) < 4.78 is 6.73. The third kappa shape index (κ3) is 5.73. The predicted molar refractivity (Wildman–Crippen MR) is 132 cm³/mol. The summed E-state index contributed by atoms with van der Waals surface area (Å²) in [7, 11) is 0. The second-order valence-corrected chi connectivity index (χ2v) is 9.53. The monoisotopic (exact) mass is 488 g/mol. The van der Waals surface area contributed by atoms with Crippen LogP contribution >= 0.6 is 0 Å². The van der Waals surface area contributed by atoms with Gasteiger partial charge in [-0.2, -0.15) is 5.26 Å². The number of morpholine rings is 1. The summed E-state index contributed by atoms with van der Waals surface area (Å²) in [5.41, 5.74) is 6.05. The Morgan fingerprint density at radius 3 is 2.56 bits per heavy atom. The van der Waals surface area contributed by atoms with Gasteiger partial charge < -0.3 is 10.1 Å². The zero-order valence-electron chi connectivity index (χ0n) is 20.7. The van der Waals surface area contributed by atoms with Gasteiger partial charge in [0.1, 0.15) is 0 Å². The van der Waals surface area contributed by atoms with Crippen molar-refractivity contribution in [2.75, 3.05) is 31.6 Å². The molecule has 3 heterocycles. The van der Waals surface area contributed by atoms with Crippen molar-refractivity contribution < 1.29 is 14.3 Å². The molecule has 0 bridgehead atoms. The van der Waals surface area contributed by atoms with Crippen LogP contribution in [0.15, 0.2) is 36.7 Å². The topological polar surface area (TPSA) is 138 Å². The number of amides is 2. The largest absolute Gasteiger partial charge is 0.379 e. The Labute approximate surface area is 209 Å². The zero-order valence-corrected chi connectivity index (χ0v) is 20.7. The molecular weight excluding hydrogens is 460 g/mol. The summed E-state index contributed by atoms with van der Waals surface area (Å²) in [5, 5.41) is 22.1. The van der Waals surface area contributed by atoms with E-state index in [2.05, 4.69) is 32.1 Å². The lowest BCUT2D eigenvalue weighted by atomic mass is 9.85. The maximum absolute atomic E-state index is 13.0. The summed E-state index contributed by atoms with van der Waals surface area (Å²) in [6, 6.07) is 8.96. The third-order valence-corrected chi connectivity index (χ3v) is 5.75. The fraction of sp³-hybridized carbons (Fsp3) is 0.360. The number of hydrazine groups is 1. The Bertz CT molecular complexity index is 1330. The second kappa shape index (κ2) is 10.2. The first-order valence-corrected chi connectivity index (χ1v) is 11.5. The van der Waals surface area contributed by atoms with Gasteiger partial charge in [0.15, 0.2) is 5.69 Å². The molecule has 0 radical (unpaired) electrons. The average molecular weight is 489 g/mol. The van der Waals surface area contributed by atoms with Gasteiger partial charge in [0, 0.05) is 18.7 Å². The van der Waals surface area contributed by atoms with Crippen molar-refractivity contribution in [1.82, 2.24) is 30.4 Å². The molecule has 1 fully saturated rings. The molecule has 1 aromatic carbocycles. The van der Waals surface area contributed by atoms with Crippen LogP contribution in [0.4, 0.5) is 5.69 Å². The minimum Gasteiger partial charge on any atom is -0.379 e. The fourth-order valence-electron chi connectivity index (χ4n) is 3.64. The summed E-state index contributed by atoms with van der Waals surface area (Å²) in [4.78, 5) is 29.9. The Morgan fingerprint density at radius 2 is 1.86 bits per heavy atom. The Balaban J connectivity index is 1.53. The van der Waals surface area contributed by atoms with Crippen molar-refractivity contribution in [3.8, 4) is 11.8 Å². The number of benzene rings is 1. The van der Waals surface area contributed by atoms with Crippen molar-refractivity contribution >= 4 is 17.5 Å². The highest BCUT2D eigenvalue weighted by Gasteiger charge is 2.20. The first kappa shape index (κ1) is 25.0. The molecule has 36 heavy (non-hydrogen) atoms. The molecule has 0 unspecified atom stereocenters. The molecular formula is C25H28N8O3. The number of ether oxygens (including phenoxy) is 1. The number of hydrogen-bond acceptors (Lipinski definition) is 8. The standard InChI is InChI=1S/C25H28N8O3/c1-16-22(33-15-21(29-31-33)24(35)30-32-5-7-36-8-6-32)12-20(14-27-16)28-23(34)18-9-17(13-26)10-19(11-18)25(2,3)4/h9-12,14-15H,5-8H2,1-4H3,(H,28,34)(H,30,35). The molecule has 2 N–H and O–H groups in total. The van der Waals surface area contributed by atoms with Crippen LogP contribution < -0.4 is 10.7 Å². The zero-order chi connectivity index (χ0) is 25.9. The van der Waals surface area contributed by atoms with Crippen LogP contribution in [0.3, 0.4) is 0 Å². The number of nitrogens with zero attached hydrogens (tertiary/aromatic N) is 6. The minimum absolute atomic E-state index is 0.151. The van der Waals surface area contributed by atoms with Crippen LogP contribution in [-0.4, -0.2) is 63.1 Å². The van der Waals surface area contributed by atoms with Crippen LogP contribution in [-0.2, 0) is 10.2 Å². The maximum Gasteiger partial charge on any atom is 0.287 e. The van der Waals surface area contributed by atoms with E-state index in [0.29, 0.717) is 54.5 Å². The van der Waals surface area contributed by atoms with E-state index in [1.165, 1.54) is 10.9 Å². The molecule has 4 rings (SSSR count). The number of carbonyl (C=O) groups is 2. The lowest BCUT2D eigenvalue weighted by molar-refractivity contribution is 0.0124. The molecule has 11 heteroatoms. The molecule has 1 aliphatic rings. The molecule has 0 saturated carbocycles. The molecule has 3 aromatic rings. The number of pyridine rings is 1. The lowest BCUT2D eigenvalue weighted by Crippen LogP contribution is -2.48. The molecule has 11 nitrogen and oxygen atoms in total. The first-order chi connectivity index (χ1) is 17.1. The highest BCUT2D eigenvalue weighted by molar-refractivity contribution is 6.04. The second-order valence-electron chi connectivity index (χ2n) is 9.53. The van der Waals surface area contributed by atoms with Crippen LogP contribution in [0.1, 0.15) is 58.4 Å². The lowest BCUT2D eigenvalue weighted by Gasteiger charge is -2.26. The van der Waals surface area contributed by atoms with Gasteiger partial charge in [-0.1, -0.05) is 26.0 Å². The van der Waals surface area contributed by atoms with E-state index in [4.69, 9.17) is 4.74 Å². The van der Waals surface area contributed by atoms with Gasteiger partial charge in [0.2, 0.25) is 0 Å². The minimum atomic E-state index is -0.370. The Morgan fingerprint density at radius 1 is 1.11 bits per heavy atom. The highest BCUT2D eigenvalue weighted by atomic mass is 16.5. The fourth-order valence-corrected chi connectivity index (χ4v) is 3.64. The van der Waals surface area contributed by atoms with Crippen molar-refractivity contribution in [3.05, 3.63) is 64.7 Å². The maximum atomic E-state index is 13.0. The van der Waals surface area contributed by atoms with Crippen molar-refractivity contribution in [3.63, 3.8) is 0 Å². The van der Waals surface area contributed by atoms with Gasteiger partial charge >= 0.3 is 0 Å². The predicted octanol–water partition coefficient (Wildman–Crippen LogP) is 2.37. The van der Waals surface area contributed by atoms with E-state index in [9.17, 15) is 14.9 Å². The van der Waals surface area contributed by atoms with Gasteiger partial charge in [0.25, 0.3) is 11.8 Å². The summed E-state index contributed by atoms with van der Waals surface area (Å²) in [5.74, 6) is -0.733. The van der Waals surface area contributed by atoms with E-state index in [1.807, 2.05) is 20.8 Å². The number of rotatable bonds is 5. The molecule has 186 valence electrons. The molecule has 1 saturated heterocycles. The van der Waals surface area contributed by atoms with Crippen LogP contribution in [0, 0.1) is 18.3 Å². The first-order valence-electron chi connectivity index (χ1n) is 11.5. The summed E-state index contributed by atoms with van der Waals surface area (Å²) >= 11 is 0. The normalized spacial score (nSPS) is 14.2. The molecule has 2 aromatic heterocycles. The van der Waals surface area contributed by atoms with Crippen LogP contribution in [0.5, 0.6) is 0 Å². The van der Waals surface area contributed by atoms with Gasteiger partial charge in [0.05, 0.1) is 54.3 Å². The number of aryl methyl sites for hydroxylation is 1. The van der Waals surface area contributed by atoms with E-state index in [0.717, 1.165) is 5.56 Å². The van der Waals surface area contributed by atoms with E-state index in [1.54, 1.807) is 42.4 Å². The molecule has 0 spiro atoms. The van der Waals surface area contributed by atoms with Crippen molar-refractivity contribution in [1.29, 1.82) is 5.26 Å². The average Bonchev–Trinajstić information content (AvgIpc) is 3.35. The quantitative estimate of drug-likeness (QED) is 0.558. The summed E-state index contributed by atoms with van der Waals surface area (Å²) in [6.45, 7) is 10.2. The van der Waals surface area contributed by atoms with Crippen molar-refractivity contribution in [2.45, 2.75) is 33.1 Å². The van der Waals surface area contributed by atoms with Crippen LogP contribution in [0.2, 0.25) is 0 Å². The van der Waals surface area contributed by atoms with E-state index >= 15 is 0 Å². The van der Waals surface area contributed by atoms with E-state index in [-0.39, 0.29) is 22.9 Å². The van der Waals surface area contributed by atoms with Crippen LogP contribution in [0.25, 0.3) is 5.69 Å². The molecule has 0 aliphatic carbocycles. The molecule has 1 aliphatic heterocycles. The third-order valence-electron chi connectivity index (χ3n) is 5.75. The number of anilines is 1. The van der Waals surface area contributed by atoms with Crippen molar-refractivity contribution in [2.24, 2.45) is 0 Å². The van der Waals surface area contributed by atoms with Gasteiger partial charge in [-0.25, -0.2) is 9.69 Å². The smallest absolute Gasteiger partial charge is 0.287 e. The number of aromatic nitrogens is 4. The van der Waals surface area contributed by atoms with Gasteiger partial charge in [-0.3, -0.25) is 20.0 Å². The number of nitrogens with one attached hydrogen (secondary N) is 2. The van der Waals surface area contributed by atoms with E-state index < -0.39 is 0 Å². The molecule has 0 atom stereocenters. The number of hydrogen-bond donors (Lipinski definition) is 2. The van der Waals surface area contributed by atoms with Gasteiger partial charge in [-0.15, -0.1) is 5.10 Å². The Kier molecular flexibility index (Phi) is 7.10. The SMILES string of the molecule is Cc1ncc(NC(=O)c2cc(C#N)cc(C(C)(C)C)c2)cc1-n1cc(C(=O)NN2CCOCC2)nn1. The number of nitriles is 1. The summed E-state index contributed by atoms with van der Waals surface area (Å²) in [6.07, 6.45) is 3.05. The highest BCUT2D eigenvalue weighted by Crippen LogP contribution is 2.25.